The second kappa shape index (κ2) is 6.66. The largest absolute Gasteiger partial charge is 0.478 e. The fourth-order valence-electron chi connectivity index (χ4n) is 1.48. The molecule has 0 fully saturated rings. The topological polar surface area (TPSA) is 64.0 Å². The molecule has 5 nitrogen and oxygen atoms in total. The van der Waals surface area contributed by atoms with Crippen molar-refractivity contribution in [2.75, 3.05) is 20.8 Å². The van der Waals surface area contributed by atoms with E-state index in [1.807, 2.05) is 0 Å². The summed E-state index contributed by atoms with van der Waals surface area (Å²) >= 11 is 0. The molecule has 0 spiro atoms. The molecule has 0 radical (unpaired) electrons. The summed E-state index contributed by atoms with van der Waals surface area (Å²) in [5, 5.41) is 17.2. The number of rotatable bonds is 2. The highest BCUT2D eigenvalue weighted by molar-refractivity contribution is 5.87. The van der Waals surface area contributed by atoms with Crippen LogP contribution in [0.5, 0.6) is 0 Å². The van der Waals surface area contributed by atoms with Gasteiger partial charge in [-0.15, -0.1) is 0 Å². The van der Waals surface area contributed by atoms with Gasteiger partial charge in [-0.3, -0.25) is 0 Å². The molecule has 0 unspecified atom stereocenters. The van der Waals surface area contributed by atoms with Crippen LogP contribution in [0.2, 0.25) is 0 Å². The van der Waals surface area contributed by atoms with Gasteiger partial charge in [-0.05, 0) is 17.7 Å². The molecule has 1 aliphatic heterocycles. The van der Waals surface area contributed by atoms with E-state index in [4.69, 9.17) is 10.2 Å². The van der Waals surface area contributed by atoms with Crippen LogP contribution in [0.1, 0.15) is 15.9 Å². The summed E-state index contributed by atoms with van der Waals surface area (Å²) in [6.45, 7) is 0.904. The number of aliphatic hydroxyl groups excluding tert-OH is 1. The van der Waals surface area contributed by atoms with Gasteiger partial charge in [-0.25, -0.2) is 4.79 Å². The Labute approximate surface area is 107 Å². The van der Waals surface area contributed by atoms with Gasteiger partial charge in [0.15, 0.2) is 0 Å². The molecule has 98 valence electrons. The highest BCUT2D eigenvalue weighted by Crippen LogP contribution is 2.04. The monoisotopic (exact) mass is 250 g/mol. The zero-order chi connectivity index (χ0) is 13.5. The molecule has 0 atom stereocenters. The van der Waals surface area contributed by atoms with E-state index in [9.17, 15) is 4.79 Å². The Kier molecular flexibility index (Phi) is 5.20. The van der Waals surface area contributed by atoms with Crippen molar-refractivity contribution in [2.24, 2.45) is 0 Å². The molecule has 0 amide bonds. The van der Waals surface area contributed by atoms with Crippen molar-refractivity contribution in [3.05, 3.63) is 47.8 Å². The highest BCUT2D eigenvalue weighted by atomic mass is 16.4. The van der Waals surface area contributed by atoms with Gasteiger partial charge >= 0.3 is 5.97 Å². The Morgan fingerprint density at radius 1 is 1.28 bits per heavy atom. The molecule has 1 aromatic rings. The van der Waals surface area contributed by atoms with Crippen LogP contribution < -0.4 is 0 Å². The number of aliphatic hydroxyl groups is 1. The molecule has 1 heterocycles. The van der Waals surface area contributed by atoms with E-state index in [1.165, 1.54) is 12.1 Å². The van der Waals surface area contributed by atoms with E-state index in [2.05, 4.69) is 36.3 Å². The number of aromatic carboxylic acids is 1. The first-order valence-electron chi connectivity index (χ1n) is 5.55. The van der Waals surface area contributed by atoms with Crippen molar-refractivity contribution in [1.29, 1.82) is 0 Å². The molecule has 2 N–H and O–H groups in total. The fraction of sp³-hybridized carbons (Fsp3) is 0.308. The van der Waals surface area contributed by atoms with Crippen LogP contribution in [0.3, 0.4) is 0 Å². The summed E-state index contributed by atoms with van der Waals surface area (Å²) in [5.41, 5.74) is 0.821. The Morgan fingerprint density at radius 2 is 1.89 bits per heavy atom. The lowest BCUT2D eigenvalue weighted by molar-refractivity contribution is 0.0696. The van der Waals surface area contributed by atoms with Crippen LogP contribution in [0.4, 0.5) is 0 Å². The van der Waals surface area contributed by atoms with Gasteiger partial charge in [0.05, 0.1) is 18.8 Å². The Hall–Kier alpha value is -2.01. The third-order valence-electron chi connectivity index (χ3n) is 2.38. The fourth-order valence-corrected chi connectivity index (χ4v) is 1.48. The van der Waals surface area contributed by atoms with Crippen molar-refractivity contribution in [3.8, 4) is 0 Å². The van der Waals surface area contributed by atoms with Gasteiger partial charge in [0.2, 0.25) is 0 Å². The molecular formula is C13H18N2O3. The van der Waals surface area contributed by atoms with Gasteiger partial charge in [0.25, 0.3) is 0 Å². The molecule has 1 aromatic carbocycles. The van der Waals surface area contributed by atoms with Gasteiger partial charge in [-0.2, -0.15) is 0 Å². The summed E-state index contributed by atoms with van der Waals surface area (Å²) in [5.74, 6) is -0.972. The maximum Gasteiger partial charge on any atom is 0.335 e. The minimum Gasteiger partial charge on any atom is -0.478 e. The second-order valence-electron chi connectivity index (χ2n) is 4.12. The van der Waals surface area contributed by atoms with Crippen molar-refractivity contribution >= 4 is 5.97 Å². The molecule has 0 aromatic heterocycles. The standard InChI is InChI=1S/C8H8O3.C5H10N2/c9-5-6-2-1-3-7(4-6)8(10)11;1-6-3-4-7(2)5-6/h1-4,9H,5H2,(H,10,11);3-4H,5H2,1-2H3. The van der Waals surface area contributed by atoms with E-state index < -0.39 is 5.97 Å². The van der Waals surface area contributed by atoms with Crippen LogP contribution in [-0.2, 0) is 6.61 Å². The molecule has 2 rings (SSSR count). The predicted molar refractivity (Wildman–Crippen MR) is 68.9 cm³/mol. The quantitative estimate of drug-likeness (QED) is 0.825. The van der Waals surface area contributed by atoms with Crippen molar-refractivity contribution in [1.82, 2.24) is 9.80 Å². The number of hydrogen-bond donors (Lipinski definition) is 2. The first-order valence-corrected chi connectivity index (χ1v) is 5.55. The molecule has 0 bridgehead atoms. The molecule has 0 saturated heterocycles. The highest BCUT2D eigenvalue weighted by Gasteiger charge is 2.01. The molecule has 1 aliphatic rings. The average Bonchev–Trinajstić information content (AvgIpc) is 2.74. The number of nitrogens with zero attached hydrogens (tertiary/aromatic N) is 2. The molecule has 0 saturated carbocycles. The third-order valence-corrected chi connectivity index (χ3v) is 2.38. The Balaban J connectivity index is 0.000000199. The first-order chi connectivity index (χ1) is 8.52. The van der Waals surface area contributed by atoms with Crippen LogP contribution >= 0.6 is 0 Å². The van der Waals surface area contributed by atoms with E-state index in [1.54, 1.807) is 12.1 Å². The Bertz CT molecular complexity index is 422. The average molecular weight is 250 g/mol. The Morgan fingerprint density at radius 3 is 2.28 bits per heavy atom. The smallest absolute Gasteiger partial charge is 0.335 e. The predicted octanol–water partition coefficient (Wildman–Crippen LogP) is 1.17. The van der Waals surface area contributed by atoms with E-state index in [0.29, 0.717) is 5.56 Å². The molecule has 5 heteroatoms. The summed E-state index contributed by atoms with van der Waals surface area (Å²) in [6, 6.07) is 6.21. The minimum atomic E-state index is -0.972. The van der Waals surface area contributed by atoms with E-state index in [-0.39, 0.29) is 12.2 Å². The summed E-state index contributed by atoms with van der Waals surface area (Å²) in [6.07, 6.45) is 4.11. The number of carboxylic acids is 1. The van der Waals surface area contributed by atoms with Crippen molar-refractivity contribution < 1.29 is 15.0 Å². The maximum atomic E-state index is 10.4. The van der Waals surface area contributed by atoms with Gasteiger partial charge in [0.1, 0.15) is 0 Å². The number of hydrogen-bond acceptors (Lipinski definition) is 4. The van der Waals surface area contributed by atoms with Gasteiger partial charge in [-0.1, -0.05) is 12.1 Å². The minimum absolute atomic E-state index is 0.124. The second-order valence-corrected chi connectivity index (χ2v) is 4.12. The van der Waals surface area contributed by atoms with E-state index in [0.717, 1.165) is 6.67 Å². The maximum absolute atomic E-state index is 10.4. The molecule has 18 heavy (non-hydrogen) atoms. The number of benzene rings is 1. The lowest BCUT2D eigenvalue weighted by Crippen LogP contribution is -2.17. The lowest BCUT2D eigenvalue weighted by Gasteiger charge is -2.10. The zero-order valence-electron chi connectivity index (χ0n) is 10.6. The summed E-state index contributed by atoms with van der Waals surface area (Å²) in [7, 11) is 4.11. The first kappa shape index (κ1) is 14.1. The molecular weight excluding hydrogens is 232 g/mol. The third kappa shape index (κ3) is 4.47. The normalized spacial score (nSPS) is 13.3. The number of carbonyl (C=O) groups is 1. The summed E-state index contributed by atoms with van der Waals surface area (Å²) in [4.78, 5) is 14.6. The zero-order valence-corrected chi connectivity index (χ0v) is 10.6. The molecule has 0 aliphatic carbocycles. The number of carboxylic acid groups (broad SMARTS) is 1. The van der Waals surface area contributed by atoms with Crippen molar-refractivity contribution in [2.45, 2.75) is 6.61 Å². The van der Waals surface area contributed by atoms with Crippen molar-refractivity contribution in [3.63, 3.8) is 0 Å². The van der Waals surface area contributed by atoms with Crippen LogP contribution in [-0.4, -0.2) is 46.7 Å². The van der Waals surface area contributed by atoms with Crippen LogP contribution in [0.25, 0.3) is 0 Å². The lowest BCUT2D eigenvalue weighted by atomic mass is 10.1. The van der Waals surface area contributed by atoms with Crippen LogP contribution in [0.15, 0.2) is 36.7 Å². The van der Waals surface area contributed by atoms with Gasteiger partial charge in [0, 0.05) is 26.5 Å². The summed E-state index contributed by atoms with van der Waals surface area (Å²) < 4.78 is 0. The SMILES string of the molecule is CN1C=CN(C)C1.O=C(O)c1cccc(CO)c1. The van der Waals surface area contributed by atoms with Crippen LogP contribution in [0, 0.1) is 0 Å². The van der Waals surface area contributed by atoms with E-state index >= 15 is 0 Å². The van der Waals surface area contributed by atoms with Gasteiger partial charge < -0.3 is 20.0 Å².